The van der Waals surface area contributed by atoms with Crippen molar-refractivity contribution in [2.24, 2.45) is 5.10 Å². The standard InChI is InChI=1S/C15H13Cl2N3O/c1-2-13(11-7-6-10(16)9-12(11)17)19-20-15(21)14-5-3-4-8-18-14/h3-9H,2H2,1H3,(H,20,21). The lowest BCUT2D eigenvalue weighted by Gasteiger charge is -2.07. The number of carbonyl (C=O) groups excluding carboxylic acids is 1. The molecule has 1 amide bonds. The maximum Gasteiger partial charge on any atom is 0.289 e. The molecular formula is C15H13Cl2N3O. The van der Waals surface area contributed by atoms with Crippen LogP contribution >= 0.6 is 23.2 Å². The monoisotopic (exact) mass is 321 g/mol. The summed E-state index contributed by atoms with van der Waals surface area (Å²) >= 11 is 12.0. The van der Waals surface area contributed by atoms with Crippen molar-refractivity contribution < 1.29 is 4.79 Å². The van der Waals surface area contributed by atoms with Crippen molar-refractivity contribution in [3.8, 4) is 0 Å². The van der Waals surface area contributed by atoms with E-state index in [0.29, 0.717) is 27.9 Å². The van der Waals surface area contributed by atoms with E-state index >= 15 is 0 Å². The van der Waals surface area contributed by atoms with Gasteiger partial charge < -0.3 is 0 Å². The summed E-state index contributed by atoms with van der Waals surface area (Å²) in [5, 5.41) is 5.18. The first-order chi connectivity index (χ1) is 10.1. The van der Waals surface area contributed by atoms with Crippen LogP contribution in [-0.4, -0.2) is 16.6 Å². The van der Waals surface area contributed by atoms with Crippen LogP contribution in [0.25, 0.3) is 0 Å². The Hall–Kier alpha value is -1.91. The maximum absolute atomic E-state index is 11.9. The molecule has 0 bridgehead atoms. The molecular weight excluding hydrogens is 309 g/mol. The number of hydrazone groups is 1. The van der Waals surface area contributed by atoms with Crippen LogP contribution in [0.5, 0.6) is 0 Å². The summed E-state index contributed by atoms with van der Waals surface area (Å²) in [5.41, 5.74) is 4.20. The summed E-state index contributed by atoms with van der Waals surface area (Å²) in [5.74, 6) is -0.369. The number of rotatable bonds is 4. The van der Waals surface area contributed by atoms with E-state index in [9.17, 15) is 4.79 Å². The Morgan fingerprint density at radius 2 is 2.10 bits per heavy atom. The maximum atomic E-state index is 11.9. The van der Waals surface area contributed by atoms with Gasteiger partial charge in [0.05, 0.1) is 10.7 Å². The van der Waals surface area contributed by atoms with Crippen molar-refractivity contribution >= 4 is 34.8 Å². The second kappa shape index (κ2) is 7.20. The van der Waals surface area contributed by atoms with E-state index in [4.69, 9.17) is 23.2 Å². The van der Waals surface area contributed by atoms with Gasteiger partial charge in [-0.25, -0.2) is 5.43 Å². The highest BCUT2D eigenvalue weighted by atomic mass is 35.5. The zero-order valence-electron chi connectivity index (χ0n) is 11.3. The number of hydrogen-bond acceptors (Lipinski definition) is 3. The van der Waals surface area contributed by atoms with Crippen molar-refractivity contribution in [1.29, 1.82) is 0 Å². The van der Waals surface area contributed by atoms with Gasteiger partial charge in [0.15, 0.2) is 0 Å². The lowest BCUT2D eigenvalue weighted by atomic mass is 10.1. The molecule has 1 N–H and O–H groups in total. The van der Waals surface area contributed by atoms with Gasteiger partial charge in [0.25, 0.3) is 5.91 Å². The lowest BCUT2D eigenvalue weighted by molar-refractivity contribution is 0.0950. The van der Waals surface area contributed by atoms with Crippen LogP contribution in [0.1, 0.15) is 29.4 Å². The lowest BCUT2D eigenvalue weighted by Crippen LogP contribution is -2.21. The number of amides is 1. The molecule has 2 aromatic rings. The Morgan fingerprint density at radius 1 is 1.29 bits per heavy atom. The Kier molecular flexibility index (Phi) is 5.31. The third kappa shape index (κ3) is 4.03. The first-order valence-corrected chi connectivity index (χ1v) is 7.10. The molecule has 2 rings (SSSR count). The molecule has 108 valence electrons. The second-order valence-corrected chi connectivity index (χ2v) is 5.04. The number of pyridine rings is 1. The number of nitrogens with zero attached hydrogens (tertiary/aromatic N) is 2. The van der Waals surface area contributed by atoms with Crippen LogP contribution in [0, 0.1) is 0 Å². The minimum absolute atomic E-state index is 0.305. The highest BCUT2D eigenvalue weighted by Crippen LogP contribution is 2.22. The van der Waals surface area contributed by atoms with Crippen molar-refractivity contribution in [2.75, 3.05) is 0 Å². The van der Waals surface area contributed by atoms with Gasteiger partial charge in [-0.15, -0.1) is 0 Å². The highest BCUT2D eigenvalue weighted by molar-refractivity contribution is 6.37. The van der Waals surface area contributed by atoms with Gasteiger partial charge >= 0.3 is 0 Å². The normalized spacial score (nSPS) is 11.3. The van der Waals surface area contributed by atoms with Gasteiger partial charge in [-0.1, -0.05) is 42.3 Å². The summed E-state index contributed by atoms with van der Waals surface area (Å²) < 4.78 is 0. The Morgan fingerprint density at radius 3 is 2.71 bits per heavy atom. The van der Waals surface area contributed by atoms with Crippen molar-refractivity contribution in [3.05, 3.63) is 63.9 Å². The van der Waals surface area contributed by atoms with Gasteiger partial charge in [0.1, 0.15) is 5.69 Å². The predicted octanol–water partition coefficient (Wildman–Crippen LogP) is 3.93. The molecule has 6 heteroatoms. The zero-order chi connectivity index (χ0) is 15.2. The second-order valence-electron chi connectivity index (χ2n) is 4.19. The van der Waals surface area contributed by atoms with Gasteiger partial charge in [-0.2, -0.15) is 5.10 Å². The molecule has 1 heterocycles. The molecule has 0 aliphatic rings. The largest absolute Gasteiger partial charge is 0.289 e. The van der Waals surface area contributed by atoms with Crippen molar-refractivity contribution in [1.82, 2.24) is 10.4 Å². The summed E-state index contributed by atoms with van der Waals surface area (Å²) in [4.78, 5) is 15.9. The summed E-state index contributed by atoms with van der Waals surface area (Å²) in [6.07, 6.45) is 2.17. The van der Waals surface area contributed by atoms with Gasteiger partial charge in [-0.3, -0.25) is 9.78 Å². The van der Waals surface area contributed by atoms with E-state index in [-0.39, 0.29) is 5.91 Å². The Balaban J connectivity index is 2.19. The van der Waals surface area contributed by atoms with E-state index in [1.807, 2.05) is 6.92 Å². The van der Waals surface area contributed by atoms with Crippen molar-refractivity contribution in [3.63, 3.8) is 0 Å². The zero-order valence-corrected chi connectivity index (χ0v) is 12.8. The summed E-state index contributed by atoms with van der Waals surface area (Å²) in [6.45, 7) is 1.93. The molecule has 0 saturated carbocycles. The average Bonchev–Trinajstić information content (AvgIpc) is 2.50. The number of aromatic nitrogens is 1. The fourth-order valence-corrected chi connectivity index (χ4v) is 2.24. The van der Waals surface area contributed by atoms with Crippen LogP contribution in [0.15, 0.2) is 47.7 Å². The molecule has 0 fully saturated rings. The van der Waals surface area contributed by atoms with Crippen LogP contribution < -0.4 is 5.43 Å². The topological polar surface area (TPSA) is 54.4 Å². The third-order valence-electron chi connectivity index (χ3n) is 2.77. The van der Waals surface area contributed by atoms with Crippen LogP contribution in [0.4, 0.5) is 0 Å². The molecule has 21 heavy (non-hydrogen) atoms. The van der Waals surface area contributed by atoms with Crippen molar-refractivity contribution in [2.45, 2.75) is 13.3 Å². The van der Waals surface area contributed by atoms with Crippen LogP contribution in [0.3, 0.4) is 0 Å². The Labute approximate surface area is 132 Å². The summed E-state index contributed by atoms with van der Waals surface area (Å²) in [7, 11) is 0. The fourth-order valence-electron chi connectivity index (χ4n) is 1.73. The third-order valence-corrected chi connectivity index (χ3v) is 3.31. The summed E-state index contributed by atoms with van der Waals surface area (Å²) in [6, 6.07) is 10.2. The molecule has 4 nitrogen and oxygen atoms in total. The number of nitrogens with one attached hydrogen (secondary N) is 1. The van der Waals surface area contributed by atoms with E-state index < -0.39 is 0 Å². The molecule has 0 atom stereocenters. The van der Waals surface area contributed by atoms with E-state index in [1.165, 1.54) is 0 Å². The SMILES string of the molecule is CCC(=NNC(=O)c1ccccn1)c1ccc(Cl)cc1Cl. The fraction of sp³-hybridized carbons (Fsp3) is 0.133. The Bertz CT molecular complexity index is 672. The molecule has 0 saturated heterocycles. The molecule has 1 aromatic heterocycles. The smallest absolute Gasteiger partial charge is 0.266 e. The highest BCUT2D eigenvalue weighted by Gasteiger charge is 2.09. The average molecular weight is 322 g/mol. The van der Waals surface area contributed by atoms with Gasteiger partial charge in [0, 0.05) is 16.8 Å². The van der Waals surface area contributed by atoms with E-state index in [2.05, 4.69) is 15.5 Å². The van der Waals surface area contributed by atoms with Gasteiger partial charge in [-0.05, 0) is 30.7 Å². The van der Waals surface area contributed by atoms with Crippen LogP contribution in [0.2, 0.25) is 10.0 Å². The predicted molar refractivity (Wildman–Crippen MR) is 85.0 cm³/mol. The quantitative estimate of drug-likeness (QED) is 0.685. The van der Waals surface area contributed by atoms with Gasteiger partial charge in [0.2, 0.25) is 0 Å². The van der Waals surface area contributed by atoms with E-state index in [1.54, 1.807) is 42.6 Å². The number of carbonyl (C=O) groups is 1. The number of benzene rings is 1. The first-order valence-electron chi connectivity index (χ1n) is 6.35. The first kappa shape index (κ1) is 15.5. The molecule has 1 aromatic carbocycles. The van der Waals surface area contributed by atoms with E-state index in [0.717, 1.165) is 5.56 Å². The number of hydrogen-bond donors (Lipinski definition) is 1. The van der Waals surface area contributed by atoms with Crippen LogP contribution in [-0.2, 0) is 0 Å². The molecule has 0 aliphatic carbocycles. The number of halogens is 2. The molecule has 0 unspecified atom stereocenters. The minimum atomic E-state index is -0.369. The molecule has 0 radical (unpaired) electrons. The molecule has 0 aliphatic heterocycles. The minimum Gasteiger partial charge on any atom is -0.266 e. The molecule has 0 spiro atoms.